The van der Waals surface area contributed by atoms with Crippen molar-refractivity contribution in [2.75, 3.05) is 38.2 Å². The van der Waals surface area contributed by atoms with Crippen LogP contribution in [0.2, 0.25) is 0 Å². The molecule has 162 valence electrons. The number of nitrogens with zero attached hydrogens (tertiary/aromatic N) is 6. The largest absolute Gasteiger partial charge is 0.497 e. The molecule has 3 heterocycles. The average molecular weight is 428 g/mol. The number of hydrogen-bond acceptors (Lipinski definition) is 6. The number of methoxy groups -OCH3 is 1. The molecule has 2 aromatic carbocycles. The fourth-order valence-corrected chi connectivity index (χ4v) is 3.98. The van der Waals surface area contributed by atoms with Crippen molar-refractivity contribution in [1.29, 1.82) is 0 Å². The summed E-state index contributed by atoms with van der Waals surface area (Å²) in [5.41, 5.74) is 2.35. The highest BCUT2D eigenvalue weighted by atomic mass is 16.5. The van der Waals surface area contributed by atoms with Gasteiger partial charge in [0, 0.05) is 37.3 Å². The smallest absolute Gasteiger partial charge is 0.253 e. The zero-order chi connectivity index (χ0) is 21.9. The molecule has 5 rings (SSSR count). The van der Waals surface area contributed by atoms with Gasteiger partial charge in [-0.2, -0.15) is 4.52 Å². The molecule has 1 fully saturated rings. The third-order valence-corrected chi connectivity index (χ3v) is 5.72. The van der Waals surface area contributed by atoms with Crippen LogP contribution in [0.15, 0.2) is 66.7 Å². The number of benzene rings is 2. The summed E-state index contributed by atoms with van der Waals surface area (Å²) in [6.07, 6.45) is 0.870. The molecule has 1 amide bonds. The minimum atomic E-state index is 0.0445. The fourth-order valence-electron chi connectivity index (χ4n) is 3.98. The molecule has 0 spiro atoms. The third kappa shape index (κ3) is 3.87. The predicted octanol–water partition coefficient (Wildman–Crippen LogP) is 3.15. The number of aromatic nitrogens is 4. The average Bonchev–Trinajstić information content (AvgIpc) is 3.12. The quantitative estimate of drug-likeness (QED) is 0.497. The summed E-state index contributed by atoms with van der Waals surface area (Å²) in [5, 5.41) is 13.4. The molecule has 0 unspecified atom stereocenters. The van der Waals surface area contributed by atoms with Crippen molar-refractivity contribution in [3.63, 3.8) is 0 Å². The molecule has 0 bridgehead atoms. The van der Waals surface area contributed by atoms with Gasteiger partial charge in [-0.15, -0.1) is 15.3 Å². The molecule has 8 nitrogen and oxygen atoms in total. The third-order valence-electron chi connectivity index (χ3n) is 5.72. The minimum absolute atomic E-state index is 0.0445. The molecule has 0 radical (unpaired) electrons. The van der Waals surface area contributed by atoms with Crippen LogP contribution in [0.1, 0.15) is 16.8 Å². The maximum absolute atomic E-state index is 13.0. The Labute approximate surface area is 186 Å². The first-order valence-corrected chi connectivity index (χ1v) is 10.7. The van der Waals surface area contributed by atoms with Crippen molar-refractivity contribution in [3.8, 4) is 17.1 Å². The summed E-state index contributed by atoms with van der Waals surface area (Å²) in [7, 11) is 1.62. The highest BCUT2D eigenvalue weighted by Crippen LogP contribution is 2.21. The zero-order valence-corrected chi connectivity index (χ0v) is 17.9. The number of hydrogen-bond donors (Lipinski definition) is 0. The van der Waals surface area contributed by atoms with Gasteiger partial charge in [0.2, 0.25) is 0 Å². The van der Waals surface area contributed by atoms with E-state index in [-0.39, 0.29) is 5.91 Å². The summed E-state index contributed by atoms with van der Waals surface area (Å²) in [4.78, 5) is 17.1. The van der Waals surface area contributed by atoms with Crippen LogP contribution in [-0.2, 0) is 0 Å². The summed E-state index contributed by atoms with van der Waals surface area (Å²) < 4.78 is 6.98. The van der Waals surface area contributed by atoms with Gasteiger partial charge >= 0.3 is 0 Å². The maximum Gasteiger partial charge on any atom is 0.253 e. The van der Waals surface area contributed by atoms with Crippen LogP contribution in [0.4, 0.5) is 5.82 Å². The normalized spacial score (nSPS) is 14.4. The first kappa shape index (κ1) is 20.0. The minimum Gasteiger partial charge on any atom is -0.497 e. The van der Waals surface area contributed by atoms with E-state index >= 15 is 0 Å². The van der Waals surface area contributed by atoms with Crippen LogP contribution >= 0.6 is 0 Å². The molecular formula is C24H24N6O2. The van der Waals surface area contributed by atoms with Crippen molar-refractivity contribution in [2.24, 2.45) is 0 Å². The first-order chi connectivity index (χ1) is 15.7. The second-order valence-corrected chi connectivity index (χ2v) is 7.71. The molecule has 0 aliphatic carbocycles. The van der Waals surface area contributed by atoms with Crippen molar-refractivity contribution in [3.05, 3.63) is 72.3 Å². The van der Waals surface area contributed by atoms with Gasteiger partial charge in [0.05, 0.1) is 7.11 Å². The van der Waals surface area contributed by atoms with Crippen molar-refractivity contribution in [1.82, 2.24) is 24.7 Å². The van der Waals surface area contributed by atoms with Gasteiger partial charge in [-0.05, 0) is 42.8 Å². The van der Waals surface area contributed by atoms with Gasteiger partial charge in [0.1, 0.15) is 11.6 Å². The van der Waals surface area contributed by atoms with Gasteiger partial charge in [0.15, 0.2) is 11.5 Å². The van der Waals surface area contributed by atoms with Crippen molar-refractivity contribution in [2.45, 2.75) is 6.42 Å². The Morgan fingerprint density at radius 2 is 1.69 bits per heavy atom. The van der Waals surface area contributed by atoms with Crippen molar-refractivity contribution < 1.29 is 9.53 Å². The van der Waals surface area contributed by atoms with E-state index in [2.05, 4.69) is 15.1 Å². The Hall–Kier alpha value is -3.94. The standard InChI is InChI=1S/C24H24N6O2/c1-32-20-10-8-19(9-11-20)24(31)29-15-5-14-28(16-17-29)22-13-12-21-25-26-23(30(21)27-22)18-6-3-2-4-7-18/h2-4,6-13H,5,14-17H2,1H3. The van der Waals surface area contributed by atoms with Crippen LogP contribution < -0.4 is 9.64 Å². The van der Waals surface area contributed by atoms with Crippen LogP contribution in [0.3, 0.4) is 0 Å². The van der Waals surface area contributed by atoms with Crippen molar-refractivity contribution >= 4 is 17.4 Å². The number of carbonyl (C=O) groups excluding carboxylic acids is 1. The number of ether oxygens (including phenoxy) is 1. The number of anilines is 1. The molecule has 32 heavy (non-hydrogen) atoms. The second-order valence-electron chi connectivity index (χ2n) is 7.71. The van der Waals surface area contributed by atoms with E-state index in [9.17, 15) is 4.79 Å². The lowest BCUT2D eigenvalue weighted by atomic mass is 10.2. The maximum atomic E-state index is 13.0. The molecule has 0 saturated carbocycles. The Kier molecular flexibility index (Phi) is 5.41. The summed E-state index contributed by atoms with van der Waals surface area (Å²) in [6, 6.07) is 21.1. The zero-order valence-electron chi connectivity index (χ0n) is 17.9. The fraction of sp³-hybridized carbons (Fsp3) is 0.250. The Bertz CT molecular complexity index is 1220. The highest BCUT2D eigenvalue weighted by Gasteiger charge is 2.22. The lowest BCUT2D eigenvalue weighted by molar-refractivity contribution is 0.0767. The molecule has 1 aliphatic heterocycles. The van der Waals surface area contributed by atoms with Gasteiger partial charge in [0.25, 0.3) is 5.91 Å². The number of fused-ring (bicyclic) bond motifs is 1. The van der Waals surface area contributed by atoms with Crippen LogP contribution in [0, 0.1) is 0 Å². The van der Waals surface area contributed by atoms with Crippen LogP contribution in [0.5, 0.6) is 5.75 Å². The Morgan fingerprint density at radius 1 is 0.875 bits per heavy atom. The monoisotopic (exact) mass is 428 g/mol. The Morgan fingerprint density at radius 3 is 2.47 bits per heavy atom. The molecule has 4 aromatic rings. The predicted molar refractivity (Wildman–Crippen MR) is 122 cm³/mol. The first-order valence-electron chi connectivity index (χ1n) is 10.7. The van der Waals surface area contributed by atoms with E-state index in [1.165, 1.54) is 0 Å². The molecule has 2 aromatic heterocycles. The molecule has 1 aliphatic rings. The van der Waals surface area contributed by atoms with E-state index in [4.69, 9.17) is 9.84 Å². The molecular weight excluding hydrogens is 404 g/mol. The van der Waals surface area contributed by atoms with Gasteiger partial charge < -0.3 is 14.5 Å². The lowest BCUT2D eigenvalue weighted by Crippen LogP contribution is -2.35. The van der Waals surface area contributed by atoms with Crippen LogP contribution in [-0.4, -0.2) is 63.9 Å². The van der Waals surface area contributed by atoms with E-state index in [1.807, 2.05) is 71.6 Å². The summed E-state index contributed by atoms with van der Waals surface area (Å²) in [5.74, 6) is 2.36. The van der Waals surface area contributed by atoms with Gasteiger partial charge in [-0.3, -0.25) is 4.79 Å². The molecule has 0 atom stereocenters. The van der Waals surface area contributed by atoms with Gasteiger partial charge in [-0.1, -0.05) is 30.3 Å². The lowest BCUT2D eigenvalue weighted by Gasteiger charge is -2.23. The van der Waals surface area contributed by atoms with E-state index in [0.29, 0.717) is 36.7 Å². The van der Waals surface area contributed by atoms with E-state index in [0.717, 1.165) is 30.1 Å². The van der Waals surface area contributed by atoms with E-state index < -0.39 is 0 Å². The summed E-state index contributed by atoms with van der Waals surface area (Å²) in [6.45, 7) is 2.89. The van der Waals surface area contributed by atoms with Gasteiger partial charge in [-0.25, -0.2) is 0 Å². The number of rotatable bonds is 4. The topological polar surface area (TPSA) is 75.9 Å². The second kappa shape index (κ2) is 8.66. The SMILES string of the molecule is COc1ccc(C(=O)N2CCCN(c3ccc4nnc(-c5ccccc5)n4n3)CC2)cc1. The van der Waals surface area contributed by atoms with Crippen LogP contribution in [0.25, 0.3) is 17.0 Å². The highest BCUT2D eigenvalue weighted by molar-refractivity contribution is 5.94. The number of amides is 1. The Balaban J connectivity index is 1.34. The molecule has 0 N–H and O–H groups in total. The van der Waals surface area contributed by atoms with E-state index in [1.54, 1.807) is 11.6 Å². The summed E-state index contributed by atoms with van der Waals surface area (Å²) >= 11 is 0. The molecule has 8 heteroatoms. The molecule has 1 saturated heterocycles. The number of carbonyl (C=O) groups is 1.